The largest absolute Gasteiger partial charge is 0.313 e. The third-order valence-electron chi connectivity index (χ3n) is 2.30. The van der Waals surface area contributed by atoms with Crippen molar-refractivity contribution in [2.45, 2.75) is 19.9 Å². The first kappa shape index (κ1) is 11.4. The Morgan fingerprint density at radius 2 is 1.82 bits per heavy atom. The molecule has 0 spiro atoms. The van der Waals surface area contributed by atoms with Crippen LogP contribution >= 0.6 is 0 Å². The lowest BCUT2D eigenvalue weighted by molar-refractivity contribution is 0.529. The Morgan fingerprint density at radius 1 is 1.12 bits per heavy atom. The van der Waals surface area contributed by atoms with E-state index in [-0.39, 0.29) is 6.04 Å². The number of aromatic nitrogens is 3. The fraction of sp³-hybridized carbons (Fsp3) is 0.250. The van der Waals surface area contributed by atoms with Gasteiger partial charge in [-0.15, -0.1) is 0 Å². The van der Waals surface area contributed by atoms with E-state index in [4.69, 9.17) is 0 Å². The average molecular weight is 232 g/mol. The van der Waals surface area contributed by atoms with Crippen molar-refractivity contribution in [2.24, 2.45) is 0 Å². The lowest BCUT2D eigenvalue weighted by Gasteiger charge is -2.26. The van der Waals surface area contributed by atoms with Crippen LogP contribution < -0.4 is 4.90 Å². The minimum absolute atomic E-state index is 0.124. The van der Waals surface area contributed by atoms with Crippen LogP contribution in [0.3, 0.4) is 0 Å². The molecule has 0 bridgehead atoms. The molecular weight excluding hydrogens is 219 g/mol. The first-order chi connectivity index (χ1) is 8.18. The molecule has 1 aromatic carbocycles. The highest BCUT2D eigenvalue weighted by molar-refractivity contribution is 5.57. The molecule has 2 rings (SSSR count). The summed E-state index contributed by atoms with van der Waals surface area (Å²) in [6.45, 7) is 3.99. The van der Waals surface area contributed by atoms with E-state index in [1.165, 1.54) is 6.33 Å². The van der Waals surface area contributed by atoms with Gasteiger partial charge in [-0.3, -0.25) is 0 Å². The number of nitrogens with zero attached hydrogens (tertiary/aromatic N) is 4. The van der Waals surface area contributed by atoms with Crippen molar-refractivity contribution in [3.05, 3.63) is 42.7 Å². The third kappa shape index (κ3) is 2.55. The number of hydrogen-bond donors (Lipinski definition) is 0. The van der Waals surface area contributed by atoms with Crippen molar-refractivity contribution in [1.82, 2.24) is 15.0 Å². The topological polar surface area (TPSA) is 41.9 Å². The van der Waals surface area contributed by atoms with E-state index < -0.39 is 6.08 Å². The summed E-state index contributed by atoms with van der Waals surface area (Å²) in [6.07, 6.45) is 0.410. The summed E-state index contributed by atoms with van der Waals surface area (Å²) in [7, 11) is 0. The van der Waals surface area contributed by atoms with E-state index in [0.29, 0.717) is 5.95 Å². The highest BCUT2D eigenvalue weighted by Crippen LogP contribution is 2.23. The molecule has 4 nitrogen and oxygen atoms in total. The van der Waals surface area contributed by atoms with Crippen LogP contribution in [-0.2, 0) is 0 Å². The van der Waals surface area contributed by atoms with Gasteiger partial charge in [0.25, 0.3) is 0 Å². The molecule has 1 aromatic heterocycles. The van der Waals surface area contributed by atoms with Crippen molar-refractivity contribution >= 4 is 11.6 Å². The SMILES string of the molecule is CC(C)N(c1ccccc1)c1ncnc(F)n1. The number of para-hydroxylation sites is 1. The Balaban J connectivity index is 2.43. The highest BCUT2D eigenvalue weighted by atomic mass is 19.1. The van der Waals surface area contributed by atoms with Crippen LogP contribution in [0.25, 0.3) is 0 Å². The van der Waals surface area contributed by atoms with Gasteiger partial charge in [0.05, 0.1) is 0 Å². The lowest BCUT2D eigenvalue weighted by Crippen LogP contribution is -2.27. The summed E-state index contributed by atoms with van der Waals surface area (Å²) < 4.78 is 13.0. The van der Waals surface area contributed by atoms with E-state index in [1.807, 2.05) is 49.1 Å². The second kappa shape index (κ2) is 4.86. The summed E-state index contributed by atoms with van der Waals surface area (Å²) in [6, 6.07) is 9.75. The Bertz CT molecular complexity index is 487. The molecule has 0 radical (unpaired) electrons. The predicted octanol–water partition coefficient (Wildman–Crippen LogP) is 2.56. The van der Waals surface area contributed by atoms with Gasteiger partial charge in [-0.05, 0) is 26.0 Å². The van der Waals surface area contributed by atoms with Crippen LogP contribution in [0.5, 0.6) is 0 Å². The molecule has 0 aliphatic heterocycles. The lowest BCUT2D eigenvalue weighted by atomic mass is 10.2. The first-order valence-corrected chi connectivity index (χ1v) is 5.37. The molecule has 88 valence electrons. The molecule has 1 heterocycles. The monoisotopic (exact) mass is 232 g/mol. The van der Waals surface area contributed by atoms with Gasteiger partial charge >= 0.3 is 6.08 Å². The summed E-state index contributed by atoms with van der Waals surface area (Å²) in [5.41, 5.74) is 0.924. The van der Waals surface area contributed by atoms with Gasteiger partial charge < -0.3 is 4.90 Å². The number of rotatable bonds is 3. The molecule has 2 aromatic rings. The second-order valence-corrected chi connectivity index (χ2v) is 3.85. The zero-order valence-electron chi connectivity index (χ0n) is 9.71. The third-order valence-corrected chi connectivity index (χ3v) is 2.30. The number of hydrogen-bond acceptors (Lipinski definition) is 4. The number of anilines is 2. The minimum Gasteiger partial charge on any atom is -0.308 e. The van der Waals surface area contributed by atoms with E-state index in [2.05, 4.69) is 15.0 Å². The molecule has 0 amide bonds. The van der Waals surface area contributed by atoms with Crippen molar-refractivity contribution in [2.75, 3.05) is 4.90 Å². The molecule has 17 heavy (non-hydrogen) atoms. The zero-order valence-corrected chi connectivity index (χ0v) is 9.71. The van der Waals surface area contributed by atoms with Crippen molar-refractivity contribution in [3.63, 3.8) is 0 Å². The zero-order chi connectivity index (χ0) is 12.3. The molecule has 0 saturated carbocycles. The van der Waals surface area contributed by atoms with E-state index in [9.17, 15) is 4.39 Å². The minimum atomic E-state index is -0.767. The van der Waals surface area contributed by atoms with E-state index in [1.54, 1.807) is 0 Å². The Kier molecular flexibility index (Phi) is 3.27. The fourth-order valence-corrected chi connectivity index (χ4v) is 1.62. The van der Waals surface area contributed by atoms with Crippen LogP contribution in [0.2, 0.25) is 0 Å². The maximum atomic E-state index is 13.0. The Morgan fingerprint density at radius 3 is 2.41 bits per heavy atom. The molecule has 0 fully saturated rings. The Hall–Kier alpha value is -2.04. The normalized spacial score (nSPS) is 10.6. The molecule has 0 saturated heterocycles. The molecular formula is C12H13FN4. The highest BCUT2D eigenvalue weighted by Gasteiger charge is 2.16. The van der Waals surface area contributed by atoms with Crippen LogP contribution in [0, 0.1) is 6.08 Å². The molecule has 0 atom stereocenters. The van der Waals surface area contributed by atoms with Gasteiger partial charge in [0, 0.05) is 11.7 Å². The van der Waals surface area contributed by atoms with Crippen LogP contribution in [-0.4, -0.2) is 21.0 Å². The van der Waals surface area contributed by atoms with E-state index >= 15 is 0 Å². The van der Waals surface area contributed by atoms with Gasteiger partial charge in [0.1, 0.15) is 6.33 Å². The molecule has 0 unspecified atom stereocenters. The van der Waals surface area contributed by atoms with Gasteiger partial charge in [0.2, 0.25) is 5.95 Å². The quantitative estimate of drug-likeness (QED) is 0.815. The van der Waals surface area contributed by atoms with Gasteiger partial charge in [-0.1, -0.05) is 18.2 Å². The van der Waals surface area contributed by atoms with Gasteiger partial charge in [-0.25, -0.2) is 4.98 Å². The summed E-state index contributed by atoms with van der Waals surface area (Å²) in [5.74, 6) is 0.318. The predicted molar refractivity (Wildman–Crippen MR) is 63.5 cm³/mol. The standard InChI is InChI=1S/C12H13FN4/c1-9(2)17(10-6-4-3-5-7-10)12-15-8-14-11(13)16-12/h3-9H,1-2H3. The van der Waals surface area contributed by atoms with Crippen molar-refractivity contribution in [1.29, 1.82) is 0 Å². The van der Waals surface area contributed by atoms with Gasteiger partial charge in [-0.2, -0.15) is 14.4 Å². The molecule has 0 aliphatic carbocycles. The maximum absolute atomic E-state index is 13.0. The summed E-state index contributed by atoms with van der Waals surface area (Å²) >= 11 is 0. The second-order valence-electron chi connectivity index (χ2n) is 3.85. The summed E-state index contributed by atoms with van der Waals surface area (Å²) in [5, 5.41) is 0. The van der Waals surface area contributed by atoms with E-state index in [0.717, 1.165) is 5.69 Å². The fourth-order valence-electron chi connectivity index (χ4n) is 1.62. The Labute approximate surface area is 99.2 Å². The van der Waals surface area contributed by atoms with Crippen molar-refractivity contribution < 1.29 is 4.39 Å². The van der Waals surface area contributed by atoms with Crippen LogP contribution in [0.4, 0.5) is 16.0 Å². The summed E-state index contributed by atoms with van der Waals surface area (Å²) in [4.78, 5) is 12.9. The van der Waals surface area contributed by atoms with Crippen LogP contribution in [0.15, 0.2) is 36.7 Å². The number of halogens is 1. The smallest absolute Gasteiger partial charge is 0.308 e. The average Bonchev–Trinajstić information content (AvgIpc) is 2.30. The number of benzene rings is 1. The maximum Gasteiger partial charge on any atom is 0.313 e. The van der Waals surface area contributed by atoms with Crippen LogP contribution in [0.1, 0.15) is 13.8 Å². The first-order valence-electron chi connectivity index (χ1n) is 5.37. The molecule has 5 heteroatoms. The molecule has 0 N–H and O–H groups in total. The molecule has 0 aliphatic rings. The van der Waals surface area contributed by atoms with Gasteiger partial charge in [0.15, 0.2) is 0 Å². The van der Waals surface area contributed by atoms with Crippen molar-refractivity contribution in [3.8, 4) is 0 Å².